The maximum atomic E-state index is 13.2. The van der Waals surface area contributed by atoms with Gasteiger partial charge in [0.15, 0.2) is 11.5 Å². The molecule has 5 atom stereocenters. The average Bonchev–Trinajstić information content (AvgIpc) is 3.09. The van der Waals surface area contributed by atoms with Gasteiger partial charge in [-0.05, 0) is 20.8 Å². The van der Waals surface area contributed by atoms with Gasteiger partial charge in [-0.25, -0.2) is 9.69 Å². The number of halogens is 3. The van der Waals surface area contributed by atoms with Crippen molar-refractivity contribution in [2.45, 2.75) is 62.3 Å². The van der Waals surface area contributed by atoms with Crippen LogP contribution >= 0.6 is 11.8 Å². The zero-order valence-electron chi connectivity index (χ0n) is 18.0. The van der Waals surface area contributed by atoms with Crippen molar-refractivity contribution in [3.8, 4) is 0 Å². The number of carbonyl (C=O) groups excluding carboxylic acids is 2. The van der Waals surface area contributed by atoms with Gasteiger partial charge in [0, 0.05) is 0 Å². The number of nitrogens with zero attached hydrogens (tertiary/aromatic N) is 2. The van der Waals surface area contributed by atoms with Crippen molar-refractivity contribution in [1.29, 1.82) is 0 Å². The average molecular weight is 481 g/mol. The quantitative estimate of drug-likeness (QED) is 0.389. The van der Waals surface area contributed by atoms with E-state index in [0.717, 1.165) is 11.8 Å². The highest BCUT2D eigenvalue weighted by atomic mass is 32.2. The van der Waals surface area contributed by atoms with E-state index >= 15 is 0 Å². The Kier molecular flexibility index (Phi) is 8.91. The van der Waals surface area contributed by atoms with E-state index in [1.807, 2.05) is 0 Å². The lowest BCUT2D eigenvalue weighted by atomic mass is 9.98. The largest absolute Gasteiger partial charge is 0.443 e. The first-order chi connectivity index (χ1) is 14.9. The maximum Gasteiger partial charge on any atom is 0.416 e. The summed E-state index contributed by atoms with van der Waals surface area (Å²) in [5, 5.41) is -0.243. The smallest absolute Gasteiger partial charge is 0.416 e. The van der Waals surface area contributed by atoms with Crippen molar-refractivity contribution < 1.29 is 41.7 Å². The van der Waals surface area contributed by atoms with Gasteiger partial charge in [-0.1, -0.05) is 23.9 Å². The first-order valence-corrected chi connectivity index (χ1v) is 10.7. The molecule has 2 rings (SSSR count). The van der Waals surface area contributed by atoms with Crippen LogP contribution in [0.1, 0.15) is 20.8 Å². The second kappa shape index (κ2) is 10.8. The summed E-state index contributed by atoms with van der Waals surface area (Å²) in [6, 6.07) is -0.834. The molecule has 0 aromatic rings. The molecule has 0 bridgehead atoms. The van der Waals surface area contributed by atoms with Crippen LogP contribution in [0.3, 0.4) is 0 Å². The van der Waals surface area contributed by atoms with Crippen molar-refractivity contribution >= 4 is 29.3 Å². The van der Waals surface area contributed by atoms with Gasteiger partial charge in [-0.15, -0.1) is 13.2 Å². The molecule has 0 aromatic heterocycles. The number of carbonyl (C=O) groups is 2. The molecule has 1 amide bonds. The van der Waals surface area contributed by atoms with Gasteiger partial charge >= 0.3 is 12.3 Å². The SMILES string of the molecule is C=CCO[C@@H]1[C@H]2N=C(N(CC(F)(F)F)C(=O)OC(C)(C)C)S[C@H]2O[C@H](C=O)[C@H]1OCC=C. The highest BCUT2D eigenvalue weighted by molar-refractivity contribution is 8.14. The number of amides is 1. The number of fused-ring (bicyclic) bond motifs is 1. The van der Waals surface area contributed by atoms with Gasteiger partial charge in [0.05, 0.1) is 13.2 Å². The third-order valence-corrected chi connectivity index (χ3v) is 5.32. The summed E-state index contributed by atoms with van der Waals surface area (Å²) in [6.45, 7) is 10.3. The second-order valence-electron chi connectivity index (χ2n) is 7.98. The molecule has 0 saturated carbocycles. The molecule has 32 heavy (non-hydrogen) atoms. The molecule has 180 valence electrons. The van der Waals surface area contributed by atoms with E-state index < -0.39 is 54.2 Å². The van der Waals surface area contributed by atoms with Crippen molar-refractivity contribution in [3.63, 3.8) is 0 Å². The molecule has 0 N–H and O–H groups in total. The Labute approximate surface area is 188 Å². The minimum Gasteiger partial charge on any atom is -0.443 e. The van der Waals surface area contributed by atoms with Crippen LogP contribution in [0.25, 0.3) is 0 Å². The number of amidine groups is 1. The first-order valence-electron chi connectivity index (χ1n) is 9.77. The highest BCUT2D eigenvalue weighted by Crippen LogP contribution is 2.40. The molecule has 1 fully saturated rings. The van der Waals surface area contributed by atoms with E-state index in [1.54, 1.807) is 20.8 Å². The molecule has 2 aliphatic heterocycles. The fourth-order valence-corrected chi connectivity index (χ4v) is 4.23. The highest BCUT2D eigenvalue weighted by Gasteiger charge is 2.52. The van der Waals surface area contributed by atoms with Crippen LogP contribution in [-0.2, 0) is 23.7 Å². The van der Waals surface area contributed by atoms with E-state index in [9.17, 15) is 22.8 Å². The van der Waals surface area contributed by atoms with Gasteiger partial charge in [0.25, 0.3) is 0 Å². The standard InChI is InChI=1S/C20H27F3N2O6S/c1-6-8-28-14-12(10-26)30-16-13(15(14)29-9-7-2)24-17(32-16)25(11-20(21,22)23)18(27)31-19(3,4)5/h6-7,10,12-16H,1-2,8-9,11H2,3-5H3/t12-,13-,14-,15-,16-/m1/s1. The molecule has 12 heteroatoms. The van der Waals surface area contributed by atoms with Crippen LogP contribution < -0.4 is 0 Å². The van der Waals surface area contributed by atoms with Crippen molar-refractivity contribution in [2.75, 3.05) is 19.8 Å². The number of aldehydes is 1. The lowest BCUT2D eigenvalue weighted by molar-refractivity contribution is -0.182. The number of thioether (sulfide) groups is 1. The van der Waals surface area contributed by atoms with E-state index in [2.05, 4.69) is 18.2 Å². The second-order valence-corrected chi connectivity index (χ2v) is 9.05. The van der Waals surface area contributed by atoms with Gasteiger partial charge in [0.2, 0.25) is 0 Å². The topological polar surface area (TPSA) is 86.7 Å². The molecule has 1 saturated heterocycles. The third kappa shape index (κ3) is 7.06. The normalized spacial score (nSPS) is 27.8. The molecule has 0 unspecified atom stereocenters. The Morgan fingerprint density at radius 1 is 1.19 bits per heavy atom. The molecule has 0 radical (unpaired) electrons. The van der Waals surface area contributed by atoms with Gasteiger partial charge < -0.3 is 23.7 Å². The Bertz CT molecular complexity index is 740. The number of rotatable bonds is 8. The molecule has 0 aliphatic carbocycles. The fraction of sp³-hybridized carbons (Fsp3) is 0.650. The maximum absolute atomic E-state index is 13.2. The van der Waals surface area contributed by atoms with Crippen molar-refractivity contribution in [3.05, 3.63) is 25.3 Å². The number of aliphatic imine (C=N–C) groups is 1. The van der Waals surface area contributed by atoms with Gasteiger partial charge in [-0.2, -0.15) is 13.2 Å². The minimum absolute atomic E-state index is 0.0846. The van der Waals surface area contributed by atoms with Gasteiger partial charge in [-0.3, -0.25) is 4.99 Å². The zero-order valence-corrected chi connectivity index (χ0v) is 18.9. The Morgan fingerprint density at radius 3 is 2.28 bits per heavy atom. The minimum atomic E-state index is -4.70. The summed E-state index contributed by atoms with van der Waals surface area (Å²) in [5.41, 5.74) is -1.88. The molecular formula is C20H27F3N2O6S. The fourth-order valence-electron chi connectivity index (χ4n) is 3.03. The summed E-state index contributed by atoms with van der Waals surface area (Å²) in [6.07, 6.45) is -5.17. The van der Waals surface area contributed by atoms with E-state index in [-0.39, 0.29) is 18.4 Å². The number of ether oxygens (including phenoxy) is 4. The van der Waals surface area contributed by atoms with Crippen LogP contribution in [0.4, 0.5) is 18.0 Å². The van der Waals surface area contributed by atoms with Crippen LogP contribution in [-0.4, -0.2) is 83.8 Å². The monoisotopic (exact) mass is 480 g/mol. The number of hydrogen-bond donors (Lipinski definition) is 0. The molecule has 0 spiro atoms. The zero-order chi connectivity index (χ0) is 24.1. The molecule has 2 heterocycles. The first kappa shape index (κ1) is 26.4. The van der Waals surface area contributed by atoms with E-state index in [4.69, 9.17) is 18.9 Å². The van der Waals surface area contributed by atoms with E-state index in [1.165, 1.54) is 12.2 Å². The summed E-state index contributed by atoms with van der Waals surface area (Å²) in [7, 11) is 0. The summed E-state index contributed by atoms with van der Waals surface area (Å²) >= 11 is 0.792. The molecular weight excluding hydrogens is 453 g/mol. The third-order valence-electron chi connectivity index (χ3n) is 4.16. The van der Waals surface area contributed by atoms with Crippen LogP contribution in [0.5, 0.6) is 0 Å². The summed E-state index contributed by atoms with van der Waals surface area (Å²) < 4.78 is 62.0. The van der Waals surface area contributed by atoms with Crippen LogP contribution in [0.2, 0.25) is 0 Å². The van der Waals surface area contributed by atoms with Gasteiger partial charge in [0.1, 0.15) is 41.9 Å². The predicted molar refractivity (Wildman–Crippen MR) is 112 cm³/mol. The van der Waals surface area contributed by atoms with Crippen molar-refractivity contribution in [2.24, 2.45) is 4.99 Å². The molecule has 2 aliphatic rings. The molecule has 0 aromatic carbocycles. The Morgan fingerprint density at radius 2 is 1.78 bits per heavy atom. The van der Waals surface area contributed by atoms with Crippen LogP contribution in [0, 0.1) is 0 Å². The lowest BCUT2D eigenvalue weighted by Gasteiger charge is -2.40. The molecule has 8 nitrogen and oxygen atoms in total. The van der Waals surface area contributed by atoms with Crippen molar-refractivity contribution in [1.82, 2.24) is 4.90 Å². The van der Waals surface area contributed by atoms with E-state index in [0.29, 0.717) is 11.2 Å². The summed E-state index contributed by atoms with van der Waals surface area (Å²) in [4.78, 5) is 28.9. The Balaban J connectivity index is 2.38. The lowest BCUT2D eigenvalue weighted by Crippen LogP contribution is -2.57. The predicted octanol–water partition coefficient (Wildman–Crippen LogP) is 3.32. The number of alkyl halides is 3. The van der Waals surface area contributed by atoms with Crippen LogP contribution in [0.15, 0.2) is 30.3 Å². The summed E-state index contributed by atoms with van der Waals surface area (Å²) in [5.74, 6) is 0. The Hall–Kier alpha value is -1.89. The number of hydrogen-bond acceptors (Lipinski definition) is 8.